The minimum Gasteiger partial charge on any atom is -0.310 e. The average molecular weight is 283 g/mol. The number of aromatic nitrogens is 2. The molecule has 3 aromatic rings. The first-order valence-corrected chi connectivity index (χ1v) is 7.71. The Morgan fingerprint density at radius 1 is 1.20 bits per heavy atom. The molecule has 0 aliphatic rings. The van der Waals surface area contributed by atoms with Gasteiger partial charge in [0, 0.05) is 16.9 Å². The van der Waals surface area contributed by atoms with E-state index in [-0.39, 0.29) is 6.04 Å². The van der Waals surface area contributed by atoms with Gasteiger partial charge in [0.25, 0.3) is 0 Å². The Morgan fingerprint density at radius 3 is 2.90 bits per heavy atom. The van der Waals surface area contributed by atoms with Crippen molar-refractivity contribution < 1.29 is 0 Å². The molecule has 2 aromatic heterocycles. The molecule has 0 amide bonds. The number of nitrogens with one attached hydrogen (secondary N) is 1. The van der Waals surface area contributed by atoms with Crippen molar-refractivity contribution in [3.63, 3.8) is 0 Å². The van der Waals surface area contributed by atoms with Crippen molar-refractivity contribution in [2.24, 2.45) is 0 Å². The maximum atomic E-state index is 3.99. The first-order valence-electron chi connectivity index (χ1n) is 6.83. The van der Waals surface area contributed by atoms with E-state index < -0.39 is 0 Å². The van der Waals surface area contributed by atoms with Crippen LogP contribution in [0.2, 0.25) is 0 Å². The lowest BCUT2D eigenvalue weighted by atomic mass is 10.00. The summed E-state index contributed by atoms with van der Waals surface area (Å²) in [4.78, 5) is 0. The maximum Gasteiger partial charge on any atom is 0.0544 e. The number of nitrogens with zero attached hydrogens (tertiary/aromatic N) is 2. The molecule has 1 N–H and O–H groups in total. The molecule has 0 saturated carbocycles. The second kappa shape index (κ2) is 6.11. The average Bonchev–Trinajstić information content (AvgIpc) is 2.91. The first-order chi connectivity index (χ1) is 9.88. The Bertz CT molecular complexity index is 678. The number of thiophene rings is 1. The molecule has 2 heterocycles. The monoisotopic (exact) mass is 283 g/mol. The highest BCUT2D eigenvalue weighted by Gasteiger charge is 2.14. The van der Waals surface area contributed by atoms with Crippen LogP contribution in [-0.4, -0.2) is 16.7 Å². The highest BCUT2D eigenvalue weighted by atomic mass is 32.1. The van der Waals surface area contributed by atoms with E-state index in [4.69, 9.17) is 0 Å². The van der Waals surface area contributed by atoms with E-state index in [2.05, 4.69) is 52.1 Å². The number of fused-ring (bicyclic) bond motifs is 1. The molecule has 1 unspecified atom stereocenters. The van der Waals surface area contributed by atoms with Crippen LogP contribution in [0.25, 0.3) is 10.1 Å². The van der Waals surface area contributed by atoms with Crippen LogP contribution in [0, 0.1) is 0 Å². The molecular weight excluding hydrogens is 266 g/mol. The van der Waals surface area contributed by atoms with E-state index in [1.54, 1.807) is 6.20 Å². The van der Waals surface area contributed by atoms with Crippen molar-refractivity contribution >= 4 is 21.4 Å². The van der Waals surface area contributed by atoms with Gasteiger partial charge in [0.2, 0.25) is 0 Å². The zero-order chi connectivity index (χ0) is 13.8. The molecule has 0 radical (unpaired) electrons. The summed E-state index contributed by atoms with van der Waals surface area (Å²) in [5.41, 5.74) is 2.59. The number of likely N-dealkylation sites (N-methyl/N-ethyl adjacent to an activating group) is 1. The van der Waals surface area contributed by atoms with E-state index >= 15 is 0 Å². The number of rotatable bonds is 5. The Hall–Kier alpha value is -1.78. The largest absolute Gasteiger partial charge is 0.310 e. The summed E-state index contributed by atoms with van der Waals surface area (Å²) in [6, 6.07) is 10.9. The van der Waals surface area contributed by atoms with Crippen LogP contribution < -0.4 is 5.32 Å². The van der Waals surface area contributed by atoms with Crippen molar-refractivity contribution in [1.82, 2.24) is 15.5 Å². The number of benzene rings is 1. The fourth-order valence-corrected chi connectivity index (χ4v) is 3.45. The standard InChI is InChI=1S/C16H17N3S/c1-2-17-15(12-7-8-18-19-10-12)9-13-11-20-16-6-4-3-5-14(13)16/h3-8,10-11,15,17H,2,9H2,1H3. The fraction of sp³-hybridized carbons (Fsp3) is 0.250. The summed E-state index contributed by atoms with van der Waals surface area (Å²) in [6.45, 7) is 3.07. The molecule has 0 bridgehead atoms. The van der Waals surface area contributed by atoms with Gasteiger partial charge in [0.05, 0.1) is 6.20 Å². The van der Waals surface area contributed by atoms with Gasteiger partial charge in [0.15, 0.2) is 0 Å². The summed E-state index contributed by atoms with van der Waals surface area (Å²) >= 11 is 1.81. The molecule has 0 aliphatic carbocycles. The quantitative estimate of drug-likeness (QED) is 0.777. The number of hydrogen-bond acceptors (Lipinski definition) is 4. The van der Waals surface area contributed by atoms with Gasteiger partial charge in [-0.2, -0.15) is 10.2 Å². The van der Waals surface area contributed by atoms with Gasteiger partial charge in [-0.15, -0.1) is 11.3 Å². The predicted octanol–water partition coefficient (Wildman–Crippen LogP) is 3.58. The van der Waals surface area contributed by atoms with E-state index in [9.17, 15) is 0 Å². The topological polar surface area (TPSA) is 37.8 Å². The Morgan fingerprint density at radius 2 is 2.10 bits per heavy atom. The van der Waals surface area contributed by atoms with E-state index in [1.807, 2.05) is 23.6 Å². The third-order valence-corrected chi connectivity index (χ3v) is 4.46. The van der Waals surface area contributed by atoms with Gasteiger partial charge in [-0.3, -0.25) is 0 Å². The van der Waals surface area contributed by atoms with Gasteiger partial charge in [0.1, 0.15) is 0 Å². The third-order valence-electron chi connectivity index (χ3n) is 3.45. The molecule has 1 atom stereocenters. The predicted molar refractivity (Wildman–Crippen MR) is 84.0 cm³/mol. The summed E-state index contributed by atoms with van der Waals surface area (Å²) < 4.78 is 1.35. The zero-order valence-corrected chi connectivity index (χ0v) is 12.2. The molecule has 4 heteroatoms. The smallest absolute Gasteiger partial charge is 0.0544 e. The highest BCUT2D eigenvalue weighted by molar-refractivity contribution is 7.17. The van der Waals surface area contributed by atoms with Crippen LogP contribution in [0.3, 0.4) is 0 Å². The molecule has 1 aromatic carbocycles. The van der Waals surface area contributed by atoms with Gasteiger partial charge in [-0.1, -0.05) is 25.1 Å². The van der Waals surface area contributed by atoms with Crippen molar-refractivity contribution in [2.75, 3.05) is 6.54 Å². The van der Waals surface area contributed by atoms with Crippen molar-refractivity contribution in [3.05, 3.63) is 59.2 Å². The lowest BCUT2D eigenvalue weighted by molar-refractivity contribution is 0.548. The SMILES string of the molecule is CCNC(Cc1csc2ccccc12)c1ccnnc1. The zero-order valence-electron chi connectivity index (χ0n) is 11.4. The Balaban J connectivity index is 1.90. The van der Waals surface area contributed by atoms with E-state index in [1.165, 1.54) is 21.2 Å². The second-order valence-electron chi connectivity index (χ2n) is 4.75. The van der Waals surface area contributed by atoms with Crippen LogP contribution in [0.1, 0.15) is 24.1 Å². The van der Waals surface area contributed by atoms with Crippen LogP contribution >= 0.6 is 11.3 Å². The van der Waals surface area contributed by atoms with Gasteiger partial charge in [-0.25, -0.2) is 0 Å². The van der Waals surface area contributed by atoms with Gasteiger partial charge in [-0.05, 0) is 47.0 Å². The van der Waals surface area contributed by atoms with Crippen LogP contribution in [0.4, 0.5) is 0 Å². The van der Waals surface area contributed by atoms with E-state index in [0.29, 0.717) is 0 Å². The molecular formula is C16H17N3S. The Kier molecular flexibility index (Phi) is 4.04. The second-order valence-corrected chi connectivity index (χ2v) is 5.66. The maximum absolute atomic E-state index is 3.99. The first kappa shape index (κ1) is 13.2. The molecule has 20 heavy (non-hydrogen) atoms. The summed E-state index contributed by atoms with van der Waals surface area (Å²) in [5.74, 6) is 0. The molecule has 0 saturated heterocycles. The fourth-order valence-electron chi connectivity index (χ4n) is 2.47. The molecule has 0 fully saturated rings. The molecule has 0 spiro atoms. The van der Waals surface area contributed by atoms with Crippen LogP contribution in [0.15, 0.2) is 48.1 Å². The number of hydrogen-bond donors (Lipinski definition) is 1. The summed E-state index contributed by atoms with van der Waals surface area (Å²) in [6.07, 6.45) is 4.58. The van der Waals surface area contributed by atoms with Crippen molar-refractivity contribution in [1.29, 1.82) is 0 Å². The van der Waals surface area contributed by atoms with E-state index in [0.717, 1.165) is 13.0 Å². The van der Waals surface area contributed by atoms with Crippen LogP contribution in [0.5, 0.6) is 0 Å². The summed E-state index contributed by atoms with van der Waals surface area (Å²) in [5, 5.41) is 15.0. The minimum atomic E-state index is 0.286. The highest BCUT2D eigenvalue weighted by Crippen LogP contribution is 2.29. The molecule has 0 aliphatic heterocycles. The molecule has 102 valence electrons. The normalized spacial score (nSPS) is 12.7. The summed E-state index contributed by atoms with van der Waals surface area (Å²) in [7, 11) is 0. The van der Waals surface area contributed by atoms with Gasteiger partial charge < -0.3 is 5.32 Å². The van der Waals surface area contributed by atoms with Crippen molar-refractivity contribution in [2.45, 2.75) is 19.4 Å². The lowest BCUT2D eigenvalue weighted by Gasteiger charge is -2.17. The molecule has 3 rings (SSSR count). The van der Waals surface area contributed by atoms with Gasteiger partial charge >= 0.3 is 0 Å². The third kappa shape index (κ3) is 2.71. The lowest BCUT2D eigenvalue weighted by Crippen LogP contribution is -2.23. The minimum absolute atomic E-state index is 0.286. The molecule has 3 nitrogen and oxygen atoms in total. The Labute approximate surface area is 122 Å². The van der Waals surface area contributed by atoms with Crippen molar-refractivity contribution in [3.8, 4) is 0 Å². The van der Waals surface area contributed by atoms with Crippen LogP contribution in [-0.2, 0) is 6.42 Å².